The Bertz CT molecular complexity index is 590. The van der Waals surface area contributed by atoms with Crippen LogP contribution in [0.3, 0.4) is 0 Å². The number of nitrogens with two attached hydrogens (primary N) is 1. The number of hydrogen-bond acceptors (Lipinski definition) is 2. The SMILES string of the molecule is NC1CCC(C(=O)c2ccc3ccccc3c2)C1. The molecule has 2 heteroatoms. The lowest BCUT2D eigenvalue weighted by Crippen LogP contribution is -2.18. The van der Waals surface area contributed by atoms with Gasteiger partial charge in [0.25, 0.3) is 0 Å². The Hall–Kier alpha value is -1.67. The van der Waals surface area contributed by atoms with E-state index in [0.717, 1.165) is 30.2 Å². The second-order valence-corrected chi connectivity index (χ2v) is 5.20. The van der Waals surface area contributed by atoms with Crippen LogP contribution in [0.15, 0.2) is 42.5 Å². The highest BCUT2D eigenvalue weighted by Gasteiger charge is 2.28. The first-order chi connectivity index (χ1) is 8.74. The molecule has 0 saturated heterocycles. The monoisotopic (exact) mass is 239 g/mol. The van der Waals surface area contributed by atoms with Crippen molar-refractivity contribution in [1.29, 1.82) is 0 Å². The van der Waals surface area contributed by atoms with Gasteiger partial charge in [0.05, 0.1) is 0 Å². The first kappa shape index (κ1) is 11.4. The topological polar surface area (TPSA) is 43.1 Å². The molecule has 0 aromatic heterocycles. The number of hydrogen-bond donors (Lipinski definition) is 1. The van der Waals surface area contributed by atoms with E-state index in [0.29, 0.717) is 0 Å². The molecule has 2 aromatic rings. The average molecular weight is 239 g/mol. The van der Waals surface area contributed by atoms with Crippen molar-refractivity contribution >= 4 is 16.6 Å². The zero-order valence-electron chi connectivity index (χ0n) is 10.3. The van der Waals surface area contributed by atoms with Gasteiger partial charge < -0.3 is 5.73 Å². The fourth-order valence-electron chi connectivity index (χ4n) is 2.83. The lowest BCUT2D eigenvalue weighted by Gasteiger charge is -2.09. The molecule has 2 unspecified atom stereocenters. The molecule has 2 atom stereocenters. The Morgan fingerprint density at radius 1 is 1.06 bits per heavy atom. The van der Waals surface area contributed by atoms with Gasteiger partial charge in [-0.25, -0.2) is 0 Å². The molecule has 0 bridgehead atoms. The lowest BCUT2D eigenvalue weighted by atomic mass is 9.94. The van der Waals surface area contributed by atoms with Gasteiger partial charge in [-0.15, -0.1) is 0 Å². The molecule has 0 spiro atoms. The minimum Gasteiger partial charge on any atom is -0.328 e. The van der Waals surface area contributed by atoms with E-state index in [2.05, 4.69) is 6.07 Å². The summed E-state index contributed by atoms with van der Waals surface area (Å²) in [4.78, 5) is 12.4. The Morgan fingerprint density at radius 2 is 1.83 bits per heavy atom. The lowest BCUT2D eigenvalue weighted by molar-refractivity contribution is 0.0922. The molecule has 3 rings (SSSR count). The Kier molecular flexibility index (Phi) is 2.88. The average Bonchev–Trinajstić information content (AvgIpc) is 2.84. The van der Waals surface area contributed by atoms with Crippen LogP contribution in [0, 0.1) is 5.92 Å². The summed E-state index contributed by atoms with van der Waals surface area (Å²) in [5.41, 5.74) is 6.71. The third-order valence-electron chi connectivity index (χ3n) is 3.88. The van der Waals surface area contributed by atoms with Crippen LogP contribution in [-0.4, -0.2) is 11.8 Å². The molecule has 0 radical (unpaired) electrons. The van der Waals surface area contributed by atoms with Crippen molar-refractivity contribution in [2.24, 2.45) is 11.7 Å². The smallest absolute Gasteiger partial charge is 0.166 e. The summed E-state index contributed by atoms with van der Waals surface area (Å²) in [5, 5.41) is 2.31. The number of fused-ring (bicyclic) bond motifs is 1. The predicted octanol–water partition coefficient (Wildman–Crippen LogP) is 3.15. The third-order valence-corrected chi connectivity index (χ3v) is 3.88. The van der Waals surface area contributed by atoms with Gasteiger partial charge in [-0.05, 0) is 36.1 Å². The van der Waals surface area contributed by atoms with Crippen LogP contribution in [0.4, 0.5) is 0 Å². The summed E-state index contributed by atoms with van der Waals surface area (Å²) < 4.78 is 0. The van der Waals surface area contributed by atoms with Crippen molar-refractivity contribution in [2.45, 2.75) is 25.3 Å². The van der Waals surface area contributed by atoms with E-state index >= 15 is 0 Å². The Labute approximate surface area is 107 Å². The highest BCUT2D eigenvalue weighted by molar-refractivity contribution is 6.01. The van der Waals surface area contributed by atoms with E-state index in [-0.39, 0.29) is 17.7 Å². The number of ketones is 1. The summed E-state index contributed by atoms with van der Waals surface area (Å²) in [6, 6.07) is 14.3. The minimum atomic E-state index is 0.126. The molecular weight excluding hydrogens is 222 g/mol. The fraction of sp³-hybridized carbons (Fsp3) is 0.312. The van der Waals surface area contributed by atoms with Crippen LogP contribution in [0.2, 0.25) is 0 Å². The van der Waals surface area contributed by atoms with Crippen LogP contribution >= 0.6 is 0 Å². The van der Waals surface area contributed by atoms with Crippen molar-refractivity contribution in [3.05, 3.63) is 48.0 Å². The van der Waals surface area contributed by atoms with Crippen molar-refractivity contribution in [1.82, 2.24) is 0 Å². The maximum Gasteiger partial charge on any atom is 0.166 e. The normalized spacial score (nSPS) is 23.4. The van der Waals surface area contributed by atoms with Gasteiger partial charge in [-0.2, -0.15) is 0 Å². The zero-order valence-corrected chi connectivity index (χ0v) is 10.3. The molecule has 2 aromatic carbocycles. The summed E-state index contributed by atoms with van der Waals surface area (Å²) in [5.74, 6) is 0.384. The van der Waals surface area contributed by atoms with E-state index < -0.39 is 0 Å². The molecule has 0 amide bonds. The quantitative estimate of drug-likeness (QED) is 0.818. The van der Waals surface area contributed by atoms with Gasteiger partial charge in [0.15, 0.2) is 5.78 Å². The number of rotatable bonds is 2. The van der Waals surface area contributed by atoms with E-state index in [1.165, 1.54) is 5.39 Å². The maximum atomic E-state index is 12.4. The summed E-state index contributed by atoms with van der Waals surface area (Å²) in [7, 11) is 0. The van der Waals surface area contributed by atoms with Gasteiger partial charge in [-0.1, -0.05) is 36.4 Å². The summed E-state index contributed by atoms with van der Waals surface area (Å²) >= 11 is 0. The molecule has 2 nitrogen and oxygen atoms in total. The molecular formula is C16H17NO. The van der Waals surface area contributed by atoms with E-state index in [1.54, 1.807) is 0 Å². The van der Waals surface area contributed by atoms with Crippen molar-refractivity contribution < 1.29 is 4.79 Å². The predicted molar refractivity (Wildman–Crippen MR) is 73.6 cm³/mol. The standard InChI is InChI=1S/C16H17NO/c17-15-8-7-14(10-15)16(18)13-6-5-11-3-1-2-4-12(11)9-13/h1-6,9,14-15H,7-8,10,17H2. The van der Waals surface area contributed by atoms with E-state index in [9.17, 15) is 4.79 Å². The van der Waals surface area contributed by atoms with Crippen molar-refractivity contribution in [2.75, 3.05) is 0 Å². The van der Waals surface area contributed by atoms with Gasteiger partial charge in [0, 0.05) is 17.5 Å². The van der Waals surface area contributed by atoms with Crippen LogP contribution in [0.5, 0.6) is 0 Å². The van der Waals surface area contributed by atoms with Crippen molar-refractivity contribution in [3.8, 4) is 0 Å². The third kappa shape index (κ3) is 2.04. The molecule has 2 N–H and O–H groups in total. The number of carbonyl (C=O) groups excluding carboxylic acids is 1. The molecule has 0 aliphatic heterocycles. The number of Topliss-reactive ketones (excluding diaryl/α,β-unsaturated/α-hetero) is 1. The largest absolute Gasteiger partial charge is 0.328 e. The molecule has 92 valence electrons. The molecule has 0 heterocycles. The Morgan fingerprint density at radius 3 is 2.56 bits per heavy atom. The second-order valence-electron chi connectivity index (χ2n) is 5.20. The summed E-state index contributed by atoms with van der Waals surface area (Å²) in [6.45, 7) is 0. The Balaban J connectivity index is 1.92. The molecule has 1 aliphatic carbocycles. The van der Waals surface area contributed by atoms with Gasteiger partial charge in [-0.3, -0.25) is 4.79 Å². The first-order valence-corrected chi connectivity index (χ1v) is 6.52. The van der Waals surface area contributed by atoms with E-state index in [1.807, 2.05) is 36.4 Å². The van der Waals surface area contributed by atoms with Crippen LogP contribution < -0.4 is 5.73 Å². The highest BCUT2D eigenvalue weighted by atomic mass is 16.1. The second kappa shape index (κ2) is 4.54. The molecule has 1 saturated carbocycles. The fourth-order valence-corrected chi connectivity index (χ4v) is 2.83. The highest BCUT2D eigenvalue weighted by Crippen LogP contribution is 2.28. The van der Waals surface area contributed by atoms with Crippen LogP contribution in [0.1, 0.15) is 29.6 Å². The zero-order chi connectivity index (χ0) is 12.5. The molecule has 1 fully saturated rings. The van der Waals surface area contributed by atoms with Crippen LogP contribution in [0.25, 0.3) is 10.8 Å². The van der Waals surface area contributed by atoms with Crippen LogP contribution in [-0.2, 0) is 0 Å². The number of carbonyl (C=O) groups is 1. The van der Waals surface area contributed by atoms with Gasteiger partial charge in [0.1, 0.15) is 0 Å². The van der Waals surface area contributed by atoms with E-state index in [4.69, 9.17) is 5.73 Å². The molecule has 18 heavy (non-hydrogen) atoms. The number of benzene rings is 2. The minimum absolute atomic E-state index is 0.126. The van der Waals surface area contributed by atoms with Gasteiger partial charge >= 0.3 is 0 Å². The maximum absolute atomic E-state index is 12.4. The molecule has 1 aliphatic rings. The first-order valence-electron chi connectivity index (χ1n) is 6.52. The van der Waals surface area contributed by atoms with Crippen molar-refractivity contribution in [3.63, 3.8) is 0 Å². The summed E-state index contributed by atoms with van der Waals surface area (Å²) in [6.07, 6.45) is 2.75. The van der Waals surface area contributed by atoms with Gasteiger partial charge in [0.2, 0.25) is 0 Å².